The van der Waals surface area contributed by atoms with Gasteiger partial charge < -0.3 is 9.47 Å². The molecule has 2 atom stereocenters. The van der Waals surface area contributed by atoms with Crippen LogP contribution in [0.25, 0.3) is 0 Å². The van der Waals surface area contributed by atoms with Gasteiger partial charge in [0.2, 0.25) is 6.29 Å². The van der Waals surface area contributed by atoms with Crippen molar-refractivity contribution in [1.82, 2.24) is 0 Å². The second-order valence-electron chi connectivity index (χ2n) is 6.30. The van der Waals surface area contributed by atoms with Crippen molar-refractivity contribution in [1.29, 1.82) is 0 Å². The number of ether oxygens (including phenoxy) is 2. The van der Waals surface area contributed by atoms with E-state index in [2.05, 4.69) is 44.2 Å². The summed E-state index contributed by atoms with van der Waals surface area (Å²) in [6, 6.07) is 18.7. The standard InChI is InChI=1S/C21H28O2/c1-5-17(4)19-12-9-13-20(15-19)23-21(22-16(2)3)14-18-10-7-6-8-11-18/h6-13,15-17,21H,5,14H2,1-4H3. The monoisotopic (exact) mass is 312 g/mol. The summed E-state index contributed by atoms with van der Waals surface area (Å²) in [5.74, 6) is 1.42. The lowest BCUT2D eigenvalue weighted by molar-refractivity contribution is -0.106. The molecule has 0 N–H and O–H groups in total. The molecular weight excluding hydrogens is 284 g/mol. The van der Waals surface area contributed by atoms with Crippen molar-refractivity contribution in [3.05, 3.63) is 65.7 Å². The predicted molar refractivity (Wildman–Crippen MR) is 95.9 cm³/mol. The summed E-state index contributed by atoms with van der Waals surface area (Å²) < 4.78 is 12.1. The van der Waals surface area contributed by atoms with E-state index in [-0.39, 0.29) is 12.4 Å². The highest BCUT2D eigenvalue weighted by Crippen LogP contribution is 2.24. The van der Waals surface area contributed by atoms with Crippen LogP contribution in [-0.4, -0.2) is 12.4 Å². The summed E-state index contributed by atoms with van der Waals surface area (Å²) in [7, 11) is 0. The fourth-order valence-corrected chi connectivity index (χ4v) is 2.51. The summed E-state index contributed by atoms with van der Waals surface area (Å²) in [5.41, 5.74) is 2.53. The molecule has 2 heteroatoms. The molecule has 0 aliphatic heterocycles. The van der Waals surface area contributed by atoms with Crippen LogP contribution in [0.15, 0.2) is 54.6 Å². The highest BCUT2D eigenvalue weighted by atomic mass is 16.7. The van der Waals surface area contributed by atoms with Gasteiger partial charge in [-0.05, 0) is 49.4 Å². The Kier molecular flexibility index (Phi) is 6.66. The zero-order chi connectivity index (χ0) is 16.7. The van der Waals surface area contributed by atoms with E-state index < -0.39 is 0 Å². The topological polar surface area (TPSA) is 18.5 Å². The fraction of sp³-hybridized carbons (Fsp3) is 0.429. The van der Waals surface area contributed by atoms with Gasteiger partial charge in [0.05, 0.1) is 6.10 Å². The van der Waals surface area contributed by atoms with Crippen molar-refractivity contribution < 1.29 is 9.47 Å². The smallest absolute Gasteiger partial charge is 0.204 e. The summed E-state index contributed by atoms with van der Waals surface area (Å²) >= 11 is 0. The molecule has 0 fully saturated rings. The maximum atomic E-state index is 6.14. The minimum atomic E-state index is -0.274. The van der Waals surface area contributed by atoms with Gasteiger partial charge in [0.15, 0.2) is 0 Å². The second kappa shape index (κ2) is 8.73. The van der Waals surface area contributed by atoms with Gasteiger partial charge in [0.1, 0.15) is 5.75 Å². The van der Waals surface area contributed by atoms with Crippen LogP contribution in [0.4, 0.5) is 0 Å². The van der Waals surface area contributed by atoms with Gasteiger partial charge in [-0.25, -0.2) is 0 Å². The minimum absolute atomic E-state index is 0.126. The van der Waals surface area contributed by atoms with Crippen molar-refractivity contribution in [2.45, 2.75) is 58.8 Å². The van der Waals surface area contributed by atoms with Crippen molar-refractivity contribution in [2.75, 3.05) is 0 Å². The molecule has 0 aromatic heterocycles. The molecular formula is C21H28O2. The van der Waals surface area contributed by atoms with E-state index >= 15 is 0 Å². The van der Waals surface area contributed by atoms with E-state index in [1.54, 1.807) is 0 Å². The number of hydrogen-bond acceptors (Lipinski definition) is 2. The summed E-state index contributed by atoms with van der Waals surface area (Å²) in [5, 5.41) is 0. The lowest BCUT2D eigenvalue weighted by Gasteiger charge is -2.22. The molecule has 0 bridgehead atoms. The molecule has 0 heterocycles. The molecule has 0 aliphatic carbocycles. The normalized spacial score (nSPS) is 13.8. The van der Waals surface area contributed by atoms with E-state index in [1.165, 1.54) is 11.1 Å². The molecule has 0 saturated carbocycles. The van der Waals surface area contributed by atoms with E-state index in [1.807, 2.05) is 38.1 Å². The largest absolute Gasteiger partial charge is 0.465 e. The Hall–Kier alpha value is -1.80. The summed E-state index contributed by atoms with van der Waals surface area (Å²) in [6.07, 6.45) is 1.72. The Morgan fingerprint density at radius 1 is 0.913 bits per heavy atom. The van der Waals surface area contributed by atoms with Gasteiger partial charge in [-0.1, -0.05) is 56.3 Å². The van der Waals surface area contributed by atoms with Gasteiger partial charge in [0.25, 0.3) is 0 Å². The Bertz CT molecular complexity index is 577. The quantitative estimate of drug-likeness (QED) is 0.593. The zero-order valence-corrected chi connectivity index (χ0v) is 14.7. The Morgan fingerprint density at radius 2 is 1.65 bits per heavy atom. The Labute approximate surface area is 140 Å². The third-order valence-electron chi connectivity index (χ3n) is 3.98. The van der Waals surface area contributed by atoms with Crippen LogP contribution in [0, 0.1) is 0 Å². The van der Waals surface area contributed by atoms with Gasteiger partial charge in [0, 0.05) is 6.42 Å². The average molecular weight is 312 g/mol. The molecule has 2 nitrogen and oxygen atoms in total. The first-order chi connectivity index (χ1) is 11.1. The lowest BCUT2D eigenvalue weighted by Crippen LogP contribution is -2.26. The molecule has 2 aromatic rings. The third-order valence-corrected chi connectivity index (χ3v) is 3.98. The summed E-state index contributed by atoms with van der Waals surface area (Å²) in [4.78, 5) is 0. The molecule has 0 spiro atoms. The predicted octanol–water partition coefficient (Wildman–Crippen LogP) is 5.57. The molecule has 0 aliphatic rings. The van der Waals surface area contributed by atoms with Gasteiger partial charge >= 0.3 is 0 Å². The molecule has 2 aromatic carbocycles. The van der Waals surface area contributed by atoms with Crippen LogP contribution in [0.3, 0.4) is 0 Å². The first-order valence-corrected chi connectivity index (χ1v) is 8.54. The van der Waals surface area contributed by atoms with Crippen molar-refractivity contribution in [3.8, 4) is 5.75 Å². The van der Waals surface area contributed by atoms with E-state index in [9.17, 15) is 0 Å². The van der Waals surface area contributed by atoms with Crippen LogP contribution in [0.5, 0.6) is 5.75 Å². The highest BCUT2D eigenvalue weighted by molar-refractivity contribution is 5.30. The van der Waals surface area contributed by atoms with Crippen LogP contribution >= 0.6 is 0 Å². The fourth-order valence-electron chi connectivity index (χ4n) is 2.51. The number of rotatable bonds is 8. The molecule has 0 saturated heterocycles. The average Bonchev–Trinajstić information content (AvgIpc) is 2.54. The lowest BCUT2D eigenvalue weighted by atomic mass is 9.99. The maximum Gasteiger partial charge on any atom is 0.204 e. The first kappa shape index (κ1) is 17.6. The molecule has 2 unspecified atom stereocenters. The molecule has 0 radical (unpaired) electrons. The molecule has 124 valence electrons. The van der Waals surface area contributed by atoms with Crippen LogP contribution in [-0.2, 0) is 11.2 Å². The number of benzene rings is 2. The zero-order valence-electron chi connectivity index (χ0n) is 14.7. The van der Waals surface area contributed by atoms with Gasteiger partial charge in [-0.15, -0.1) is 0 Å². The molecule has 0 amide bonds. The summed E-state index contributed by atoms with van der Waals surface area (Å²) in [6.45, 7) is 8.53. The minimum Gasteiger partial charge on any atom is -0.465 e. The number of hydrogen-bond donors (Lipinski definition) is 0. The second-order valence-corrected chi connectivity index (χ2v) is 6.30. The van der Waals surface area contributed by atoms with Gasteiger partial charge in [-0.3, -0.25) is 0 Å². The first-order valence-electron chi connectivity index (χ1n) is 8.54. The Balaban J connectivity index is 2.11. The van der Waals surface area contributed by atoms with Crippen molar-refractivity contribution in [2.24, 2.45) is 0 Å². The Morgan fingerprint density at radius 3 is 2.30 bits per heavy atom. The van der Waals surface area contributed by atoms with E-state index in [0.29, 0.717) is 5.92 Å². The third kappa shape index (κ3) is 5.72. The molecule has 2 rings (SSSR count). The van der Waals surface area contributed by atoms with Crippen molar-refractivity contribution in [3.63, 3.8) is 0 Å². The van der Waals surface area contributed by atoms with E-state index in [0.717, 1.165) is 18.6 Å². The van der Waals surface area contributed by atoms with E-state index in [4.69, 9.17) is 9.47 Å². The van der Waals surface area contributed by atoms with Crippen LogP contribution in [0.1, 0.15) is 51.2 Å². The maximum absolute atomic E-state index is 6.14. The highest BCUT2D eigenvalue weighted by Gasteiger charge is 2.15. The SMILES string of the molecule is CCC(C)c1cccc(OC(Cc2ccccc2)OC(C)C)c1. The molecule has 23 heavy (non-hydrogen) atoms. The van der Waals surface area contributed by atoms with Crippen LogP contribution < -0.4 is 4.74 Å². The van der Waals surface area contributed by atoms with Gasteiger partial charge in [-0.2, -0.15) is 0 Å². The van der Waals surface area contributed by atoms with Crippen molar-refractivity contribution >= 4 is 0 Å². The van der Waals surface area contributed by atoms with Crippen LogP contribution in [0.2, 0.25) is 0 Å².